The Kier molecular flexibility index (Phi) is 17.2. The molecule has 0 atom stereocenters. The molecule has 27 heavy (non-hydrogen) atoms. The van der Waals surface area contributed by atoms with Crippen LogP contribution in [-0.2, 0) is 4.79 Å². The van der Waals surface area contributed by atoms with Crippen molar-refractivity contribution in [2.75, 3.05) is 50.7 Å². The molecule has 1 fully saturated rings. The lowest BCUT2D eigenvalue weighted by atomic mass is 10.2. The van der Waals surface area contributed by atoms with E-state index in [4.69, 9.17) is 5.73 Å². The summed E-state index contributed by atoms with van der Waals surface area (Å²) in [5.74, 6) is 0.132. The minimum atomic E-state index is 0. The topological polar surface area (TPSA) is 61.6 Å². The third-order valence-corrected chi connectivity index (χ3v) is 4.57. The minimum absolute atomic E-state index is 0. The summed E-state index contributed by atoms with van der Waals surface area (Å²) < 4.78 is 0. The number of hydrogen-bond donors (Lipinski definition) is 2. The van der Waals surface area contributed by atoms with E-state index in [1.165, 1.54) is 11.3 Å². The third-order valence-electron chi connectivity index (χ3n) is 4.57. The van der Waals surface area contributed by atoms with Crippen molar-refractivity contribution in [2.24, 2.45) is 5.73 Å². The van der Waals surface area contributed by atoms with Gasteiger partial charge in [-0.1, -0.05) is 12.1 Å². The van der Waals surface area contributed by atoms with Crippen molar-refractivity contribution < 1.29 is 4.79 Å². The third kappa shape index (κ3) is 11.0. The van der Waals surface area contributed by atoms with Gasteiger partial charge in [-0.05, 0) is 57.0 Å². The van der Waals surface area contributed by atoms with Crippen molar-refractivity contribution in [1.82, 2.24) is 10.2 Å². The number of aryl methyl sites for hydroxylation is 1. The Hall–Kier alpha value is -0.720. The summed E-state index contributed by atoms with van der Waals surface area (Å²) in [6.07, 6.45) is 3.52. The molecular weight excluding hydrogens is 407 g/mol. The highest BCUT2D eigenvalue weighted by Gasteiger charge is 2.16. The van der Waals surface area contributed by atoms with Crippen molar-refractivity contribution >= 4 is 48.8 Å². The molecule has 0 spiro atoms. The fourth-order valence-electron chi connectivity index (χ4n) is 3.09. The quantitative estimate of drug-likeness (QED) is 0.578. The number of nitrogens with two attached hydrogens (primary N) is 1. The van der Waals surface area contributed by atoms with Gasteiger partial charge >= 0.3 is 0 Å². The lowest BCUT2D eigenvalue weighted by Crippen LogP contribution is -2.46. The molecule has 2 rings (SSSR count). The van der Waals surface area contributed by atoms with E-state index >= 15 is 0 Å². The molecule has 1 aromatic rings. The zero-order valence-electron chi connectivity index (χ0n) is 16.2. The van der Waals surface area contributed by atoms with Gasteiger partial charge in [0.2, 0.25) is 5.91 Å². The zero-order valence-corrected chi connectivity index (χ0v) is 18.6. The van der Waals surface area contributed by atoms with Crippen molar-refractivity contribution in [3.05, 3.63) is 29.8 Å². The van der Waals surface area contributed by atoms with Gasteiger partial charge in [-0.3, -0.25) is 9.69 Å². The number of carbonyl (C=O) groups excluding carboxylic acids is 1. The van der Waals surface area contributed by atoms with E-state index < -0.39 is 0 Å². The van der Waals surface area contributed by atoms with Crippen LogP contribution < -0.4 is 16.0 Å². The maximum Gasteiger partial charge on any atom is 0.220 e. The summed E-state index contributed by atoms with van der Waals surface area (Å²) in [6.45, 7) is 9.08. The molecule has 1 aromatic carbocycles. The second-order valence-corrected chi connectivity index (χ2v) is 6.62. The Bertz CT molecular complexity index is 511. The van der Waals surface area contributed by atoms with E-state index in [2.05, 4.69) is 46.3 Å². The van der Waals surface area contributed by atoms with Gasteiger partial charge in [-0.25, -0.2) is 0 Å². The van der Waals surface area contributed by atoms with Gasteiger partial charge in [0.15, 0.2) is 0 Å². The lowest BCUT2D eigenvalue weighted by Gasteiger charge is -2.36. The van der Waals surface area contributed by atoms with Crippen molar-refractivity contribution in [3.8, 4) is 0 Å². The molecule has 8 heteroatoms. The number of piperazine rings is 1. The van der Waals surface area contributed by atoms with E-state index in [1.807, 2.05) is 0 Å². The maximum atomic E-state index is 11.5. The van der Waals surface area contributed by atoms with Crippen LogP contribution in [0.25, 0.3) is 0 Å². The number of carbonyl (C=O) groups is 1. The van der Waals surface area contributed by atoms with Crippen LogP contribution in [0.5, 0.6) is 0 Å². The first-order chi connectivity index (χ1) is 11.7. The van der Waals surface area contributed by atoms with Gasteiger partial charge in [0.25, 0.3) is 0 Å². The van der Waals surface area contributed by atoms with Crippen molar-refractivity contribution in [1.29, 1.82) is 0 Å². The Morgan fingerprint density at radius 1 is 1.07 bits per heavy atom. The van der Waals surface area contributed by atoms with E-state index in [1.54, 1.807) is 0 Å². The first-order valence-electron chi connectivity index (χ1n) is 9.20. The second-order valence-electron chi connectivity index (χ2n) is 6.62. The predicted molar refractivity (Wildman–Crippen MR) is 122 cm³/mol. The highest BCUT2D eigenvalue weighted by molar-refractivity contribution is 5.86. The molecule has 0 unspecified atom stereocenters. The molecule has 1 heterocycles. The number of nitrogens with one attached hydrogen (secondary N) is 1. The summed E-state index contributed by atoms with van der Waals surface area (Å²) in [6, 6.07) is 8.76. The predicted octanol–water partition coefficient (Wildman–Crippen LogP) is 3.02. The molecule has 1 aliphatic heterocycles. The Balaban J connectivity index is 0. The Morgan fingerprint density at radius 2 is 1.78 bits per heavy atom. The molecule has 0 saturated carbocycles. The molecule has 0 bridgehead atoms. The van der Waals surface area contributed by atoms with E-state index in [0.29, 0.717) is 13.0 Å². The molecule has 0 radical (unpaired) electrons. The average Bonchev–Trinajstić information content (AvgIpc) is 2.60. The first-order valence-corrected chi connectivity index (χ1v) is 9.20. The van der Waals surface area contributed by atoms with Gasteiger partial charge in [-0.2, -0.15) is 0 Å². The minimum Gasteiger partial charge on any atom is -0.369 e. The number of hydrogen-bond acceptors (Lipinski definition) is 4. The fraction of sp³-hybridized carbons (Fsp3) is 0.632. The standard InChI is InChI=1S/C19H32N4O.3ClH/c1-17-6-4-7-18(16-17)23-14-12-22(13-15-23)11-3-2-10-21-19(24)8-5-9-20;;;/h4,6-7,16H,2-3,5,8-15,20H2,1H3,(H,21,24);3*1H. The number of rotatable bonds is 9. The molecule has 0 aromatic heterocycles. The highest BCUT2D eigenvalue weighted by Crippen LogP contribution is 2.17. The number of halogens is 3. The van der Waals surface area contributed by atoms with Crippen LogP contribution in [0.4, 0.5) is 5.69 Å². The first kappa shape index (κ1) is 28.5. The van der Waals surface area contributed by atoms with Gasteiger partial charge < -0.3 is 16.0 Å². The van der Waals surface area contributed by atoms with Gasteiger partial charge in [-0.15, -0.1) is 37.2 Å². The van der Waals surface area contributed by atoms with Crippen LogP contribution in [0, 0.1) is 6.92 Å². The van der Waals surface area contributed by atoms with E-state index in [-0.39, 0.29) is 43.1 Å². The molecule has 0 aliphatic carbocycles. The summed E-state index contributed by atoms with van der Waals surface area (Å²) >= 11 is 0. The summed E-state index contributed by atoms with van der Waals surface area (Å²) in [5, 5.41) is 2.97. The van der Waals surface area contributed by atoms with Crippen molar-refractivity contribution in [2.45, 2.75) is 32.6 Å². The van der Waals surface area contributed by atoms with Crippen LogP contribution in [0.3, 0.4) is 0 Å². The normalized spacial score (nSPS) is 13.8. The average molecular weight is 442 g/mol. The summed E-state index contributed by atoms with van der Waals surface area (Å²) in [7, 11) is 0. The number of nitrogens with zero attached hydrogens (tertiary/aromatic N) is 2. The summed E-state index contributed by atoms with van der Waals surface area (Å²) in [4.78, 5) is 16.5. The fourth-order valence-corrected chi connectivity index (χ4v) is 3.09. The van der Waals surface area contributed by atoms with Crippen LogP contribution >= 0.6 is 37.2 Å². The number of amides is 1. The number of anilines is 1. The molecule has 1 amide bonds. The molecule has 5 nitrogen and oxygen atoms in total. The van der Waals surface area contributed by atoms with E-state index in [9.17, 15) is 4.79 Å². The number of unbranched alkanes of at least 4 members (excludes halogenated alkanes) is 1. The molecule has 1 aliphatic rings. The van der Waals surface area contributed by atoms with Gasteiger partial charge in [0.1, 0.15) is 0 Å². The Morgan fingerprint density at radius 3 is 2.41 bits per heavy atom. The number of benzene rings is 1. The highest BCUT2D eigenvalue weighted by atomic mass is 35.5. The zero-order chi connectivity index (χ0) is 17.2. The second kappa shape index (κ2) is 16.3. The van der Waals surface area contributed by atoms with Crippen molar-refractivity contribution in [3.63, 3.8) is 0 Å². The molecular formula is C19H35Cl3N4O. The molecule has 3 N–H and O–H groups in total. The molecule has 1 saturated heterocycles. The van der Waals surface area contributed by atoms with Crippen LogP contribution in [0.15, 0.2) is 24.3 Å². The van der Waals surface area contributed by atoms with E-state index in [0.717, 1.165) is 58.5 Å². The Labute approximate surface area is 182 Å². The maximum absolute atomic E-state index is 11.5. The van der Waals surface area contributed by atoms with Gasteiger partial charge in [0, 0.05) is 44.8 Å². The smallest absolute Gasteiger partial charge is 0.220 e. The monoisotopic (exact) mass is 440 g/mol. The van der Waals surface area contributed by atoms with Gasteiger partial charge in [0.05, 0.1) is 0 Å². The largest absolute Gasteiger partial charge is 0.369 e. The molecule has 158 valence electrons. The van der Waals surface area contributed by atoms with Crippen LogP contribution in [0.2, 0.25) is 0 Å². The summed E-state index contributed by atoms with van der Waals surface area (Å²) in [5.41, 5.74) is 8.07. The van der Waals surface area contributed by atoms with Crippen LogP contribution in [-0.4, -0.2) is 56.6 Å². The SMILES string of the molecule is Cc1cccc(N2CCN(CCCCNC(=O)CCCN)CC2)c1.Cl.Cl.Cl. The lowest BCUT2D eigenvalue weighted by molar-refractivity contribution is -0.121. The van der Waals surface area contributed by atoms with Crippen LogP contribution in [0.1, 0.15) is 31.2 Å².